The summed E-state index contributed by atoms with van der Waals surface area (Å²) in [6.07, 6.45) is 13.8. The van der Waals surface area contributed by atoms with Gasteiger partial charge in [-0.2, -0.15) is 0 Å². The zero-order chi connectivity index (χ0) is 25.3. The summed E-state index contributed by atoms with van der Waals surface area (Å²) in [4.78, 5) is 29.0. The van der Waals surface area contributed by atoms with Crippen molar-refractivity contribution in [1.82, 2.24) is 9.88 Å². The number of thiophene rings is 2. The Morgan fingerprint density at radius 3 is 2.31 bits per heavy atom. The van der Waals surface area contributed by atoms with Crippen LogP contribution in [0.4, 0.5) is 9.80 Å². The van der Waals surface area contributed by atoms with Gasteiger partial charge in [-0.05, 0) is 95.4 Å². The van der Waals surface area contributed by atoms with Crippen molar-refractivity contribution in [1.29, 1.82) is 0 Å². The third-order valence-electron chi connectivity index (χ3n) is 6.78. The molecule has 3 aromatic rings. The van der Waals surface area contributed by atoms with E-state index in [0.717, 1.165) is 50.5 Å². The van der Waals surface area contributed by atoms with E-state index in [1.165, 1.54) is 50.1 Å². The number of nitrogens with one attached hydrogen (secondary N) is 2. The molecular weight excluding hydrogens is 490 g/mol. The Labute approximate surface area is 221 Å². The highest BCUT2D eigenvalue weighted by Gasteiger charge is 2.29. The van der Waals surface area contributed by atoms with Crippen molar-refractivity contribution >= 4 is 39.7 Å². The number of fused-ring (bicyclic) bond motifs is 2. The Kier molecular flexibility index (Phi) is 7.26. The smallest absolute Gasteiger partial charge is 0.341 e. The fourth-order valence-electron chi connectivity index (χ4n) is 5.17. The SMILES string of the molecule is CC(C)(C)OC(=O)c1c(NC(=O)NCc2c(-n3cccc3)sc3c2CCCC3)sc2c1CCCCC2. The molecule has 2 aliphatic carbocycles. The average molecular weight is 526 g/mol. The van der Waals surface area contributed by atoms with Crippen LogP contribution in [0.1, 0.15) is 89.7 Å². The van der Waals surface area contributed by atoms with Crippen molar-refractivity contribution in [3.63, 3.8) is 0 Å². The van der Waals surface area contributed by atoms with Crippen LogP contribution >= 0.6 is 22.7 Å². The molecule has 0 atom stereocenters. The standard InChI is InChI=1S/C28H35N3O3S2/c1-28(2,3)34-26(32)23-19-12-5-4-6-13-22(19)35-24(23)30-27(33)29-17-20-18-11-7-8-14-21(18)36-25(20)31-15-9-10-16-31/h9-10,15-16H,4-8,11-14,17H2,1-3H3,(H2,29,30,33). The highest BCUT2D eigenvalue weighted by atomic mass is 32.1. The molecule has 36 heavy (non-hydrogen) atoms. The van der Waals surface area contributed by atoms with Crippen molar-refractivity contribution in [3.8, 4) is 5.00 Å². The molecule has 2 aliphatic rings. The molecule has 0 saturated heterocycles. The number of carbonyl (C=O) groups is 2. The molecule has 5 rings (SSSR count). The summed E-state index contributed by atoms with van der Waals surface area (Å²) in [5.74, 6) is -0.348. The van der Waals surface area contributed by atoms with Crippen LogP contribution in [0.15, 0.2) is 24.5 Å². The highest BCUT2D eigenvalue weighted by Crippen LogP contribution is 2.39. The second-order valence-electron chi connectivity index (χ2n) is 10.7. The number of anilines is 1. The van der Waals surface area contributed by atoms with Gasteiger partial charge in [-0.15, -0.1) is 22.7 Å². The number of ether oxygens (including phenoxy) is 1. The van der Waals surface area contributed by atoms with E-state index in [2.05, 4.69) is 27.6 Å². The van der Waals surface area contributed by atoms with Gasteiger partial charge in [0, 0.05) is 34.3 Å². The number of amides is 2. The largest absolute Gasteiger partial charge is 0.456 e. The van der Waals surface area contributed by atoms with Crippen LogP contribution in [0.3, 0.4) is 0 Å². The molecule has 0 spiro atoms. The van der Waals surface area contributed by atoms with Crippen LogP contribution in [0.2, 0.25) is 0 Å². The molecule has 0 fully saturated rings. The van der Waals surface area contributed by atoms with Gasteiger partial charge in [-0.3, -0.25) is 5.32 Å². The lowest BCUT2D eigenvalue weighted by Gasteiger charge is -2.20. The number of hydrogen-bond acceptors (Lipinski definition) is 5. The second kappa shape index (κ2) is 10.4. The van der Waals surface area contributed by atoms with Crippen molar-refractivity contribution < 1.29 is 14.3 Å². The fourth-order valence-corrected chi connectivity index (χ4v) is 7.82. The van der Waals surface area contributed by atoms with Crippen molar-refractivity contribution in [2.75, 3.05) is 5.32 Å². The van der Waals surface area contributed by atoms with Gasteiger partial charge in [-0.1, -0.05) is 6.42 Å². The third kappa shape index (κ3) is 5.39. The molecular formula is C28H35N3O3S2. The Morgan fingerprint density at radius 1 is 0.917 bits per heavy atom. The molecule has 0 aliphatic heterocycles. The first kappa shape index (κ1) is 25.1. The number of hydrogen-bond donors (Lipinski definition) is 2. The van der Waals surface area contributed by atoms with Gasteiger partial charge in [0.1, 0.15) is 15.6 Å². The minimum Gasteiger partial charge on any atom is -0.456 e. The summed E-state index contributed by atoms with van der Waals surface area (Å²) in [5.41, 5.74) is 3.61. The van der Waals surface area contributed by atoms with E-state index in [4.69, 9.17) is 4.74 Å². The van der Waals surface area contributed by atoms with E-state index in [1.807, 2.05) is 44.2 Å². The molecule has 3 aromatic heterocycles. The van der Waals surface area contributed by atoms with Crippen molar-refractivity contribution in [2.45, 2.75) is 90.7 Å². The maximum absolute atomic E-state index is 13.2. The van der Waals surface area contributed by atoms with E-state index in [-0.39, 0.29) is 12.0 Å². The number of carbonyl (C=O) groups excluding carboxylic acids is 2. The predicted octanol–water partition coefficient (Wildman–Crippen LogP) is 7.03. The van der Waals surface area contributed by atoms with E-state index in [1.54, 1.807) is 0 Å². The van der Waals surface area contributed by atoms with Crippen molar-refractivity contribution in [3.05, 3.63) is 56.5 Å². The predicted molar refractivity (Wildman–Crippen MR) is 147 cm³/mol. The number of nitrogens with zero attached hydrogens (tertiary/aromatic N) is 1. The zero-order valence-corrected chi connectivity index (χ0v) is 23.0. The molecule has 8 heteroatoms. The van der Waals surface area contributed by atoms with E-state index in [0.29, 0.717) is 17.1 Å². The van der Waals surface area contributed by atoms with Gasteiger partial charge in [0.2, 0.25) is 0 Å². The molecule has 192 valence electrons. The first-order chi connectivity index (χ1) is 17.3. The van der Waals surface area contributed by atoms with Gasteiger partial charge in [0.05, 0.1) is 5.56 Å². The Hall–Kier alpha value is -2.58. The first-order valence-corrected chi connectivity index (χ1v) is 14.6. The molecule has 0 bridgehead atoms. The van der Waals surface area contributed by atoms with Crippen LogP contribution in [0.25, 0.3) is 5.00 Å². The topological polar surface area (TPSA) is 72.4 Å². The minimum absolute atomic E-state index is 0.287. The average Bonchev–Trinajstić information content (AvgIpc) is 3.51. The number of esters is 1. The summed E-state index contributed by atoms with van der Waals surface area (Å²) in [6, 6.07) is 3.77. The van der Waals surface area contributed by atoms with Gasteiger partial charge in [-0.25, -0.2) is 9.59 Å². The van der Waals surface area contributed by atoms with Gasteiger partial charge in [0.25, 0.3) is 0 Å². The summed E-state index contributed by atoms with van der Waals surface area (Å²) in [5, 5.41) is 7.89. The Balaban J connectivity index is 1.37. The number of urea groups is 1. The maximum atomic E-state index is 13.2. The van der Waals surface area contributed by atoms with E-state index in [9.17, 15) is 9.59 Å². The van der Waals surface area contributed by atoms with Crippen LogP contribution in [-0.4, -0.2) is 22.2 Å². The van der Waals surface area contributed by atoms with Crippen LogP contribution in [0.5, 0.6) is 0 Å². The third-order valence-corrected chi connectivity index (χ3v) is 9.33. The first-order valence-electron chi connectivity index (χ1n) is 13.0. The lowest BCUT2D eigenvalue weighted by atomic mass is 9.95. The monoisotopic (exact) mass is 525 g/mol. The van der Waals surface area contributed by atoms with E-state index < -0.39 is 5.60 Å². The number of rotatable bonds is 5. The molecule has 0 aromatic carbocycles. The number of aromatic nitrogens is 1. The lowest BCUT2D eigenvalue weighted by molar-refractivity contribution is 0.00700. The van der Waals surface area contributed by atoms with Crippen LogP contribution < -0.4 is 10.6 Å². The minimum atomic E-state index is -0.594. The summed E-state index contributed by atoms with van der Waals surface area (Å²) < 4.78 is 7.89. The van der Waals surface area contributed by atoms with Gasteiger partial charge < -0.3 is 14.6 Å². The number of aryl methyl sites for hydroxylation is 2. The van der Waals surface area contributed by atoms with Crippen molar-refractivity contribution in [2.24, 2.45) is 0 Å². The normalized spacial score (nSPS) is 15.5. The molecule has 6 nitrogen and oxygen atoms in total. The zero-order valence-electron chi connectivity index (χ0n) is 21.4. The maximum Gasteiger partial charge on any atom is 0.341 e. The quantitative estimate of drug-likeness (QED) is 0.278. The summed E-state index contributed by atoms with van der Waals surface area (Å²) in [7, 11) is 0. The Bertz CT molecular complexity index is 1250. The summed E-state index contributed by atoms with van der Waals surface area (Å²) >= 11 is 3.37. The lowest BCUT2D eigenvalue weighted by Crippen LogP contribution is -2.30. The molecule has 0 unspecified atom stereocenters. The molecule has 0 saturated carbocycles. The second-order valence-corrected chi connectivity index (χ2v) is 12.9. The van der Waals surface area contributed by atoms with Crippen LogP contribution in [-0.2, 0) is 37.0 Å². The van der Waals surface area contributed by atoms with E-state index >= 15 is 0 Å². The molecule has 2 N–H and O–H groups in total. The van der Waals surface area contributed by atoms with Gasteiger partial charge >= 0.3 is 12.0 Å². The fraction of sp³-hybridized carbons (Fsp3) is 0.500. The molecule has 0 radical (unpaired) electrons. The van der Waals surface area contributed by atoms with Crippen LogP contribution in [0, 0.1) is 0 Å². The molecule has 3 heterocycles. The highest BCUT2D eigenvalue weighted by molar-refractivity contribution is 7.17. The molecule has 2 amide bonds. The Morgan fingerprint density at radius 2 is 1.56 bits per heavy atom. The van der Waals surface area contributed by atoms with Gasteiger partial charge in [0.15, 0.2) is 0 Å². The summed E-state index contributed by atoms with van der Waals surface area (Å²) in [6.45, 7) is 6.08.